The number of rotatable bonds is 3. The summed E-state index contributed by atoms with van der Waals surface area (Å²) in [5.74, 6) is -0.267. The van der Waals surface area contributed by atoms with Crippen molar-refractivity contribution >= 4 is 11.7 Å². The Kier molecular flexibility index (Phi) is 3.49. The topological polar surface area (TPSA) is 74.4 Å². The summed E-state index contributed by atoms with van der Waals surface area (Å²) in [4.78, 5) is 15.3. The first kappa shape index (κ1) is 11.3. The molecule has 0 fully saturated rings. The van der Waals surface area contributed by atoms with Crippen molar-refractivity contribution in [2.75, 3.05) is 12.8 Å². The van der Waals surface area contributed by atoms with E-state index in [1.165, 1.54) is 19.4 Å². The van der Waals surface area contributed by atoms with Crippen LogP contribution in [0.3, 0.4) is 0 Å². The van der Waals surface area contributed by atoms with E-state index in [0.29, 0.717) is 5.69 Å². The van der Waals surface area contributed by atoms with Crippen LogP contribution in [-0.2, 0) is 4.74 Å². The summed E-state index contributed by atoms with van der Waals surface area (Å²) in [6.07, 6.45) is 1.37. The standard InChI is InChI=1S/C10H14N2O3/c1-6(2)15-9-8(10(13)14-3)4-7(11)5-12-9/h4-6H,11H2,1-3H3. The molecule has 82 valence electrons. The Labute approximate surface area is 88.2 Å². The molecule has 0 amide bonds. The van der Waals surface area contributed by atoms with E-state index in [-0.39, 0.29) is 17.5 Å². The average Bonchev–Trinajstić information content (AvgIpc) is 2.19. The van der Waals surface area contributed by atoms with Gasteiger partial charge in [0, 0.05) is 0 Å². The molecule has 0 aliphatic heterocycles. The molecule has 0 saturated carbocycles. The van der Waals surface area contributed by atoms with E-state index in [1.54, 1.807) is 0 Å². The molecule has 0 unspecified atom stereocenters. The number of ether oxygens (including phenoxy) is 2. The van der Waals surface area contributed by atoms with Gasteiger partial charge in [-0.25, -0.2) is 9.78 Å². The number of carbonyl (C=O) groups excluding carboxylic acids is 1. The lowest BCUT2D eigenvalue weighted by atomic mass is 10.2. The first-order valence-corrected chi connectivity index (χ1v) is 4.55. The van der Waals surface area contributed by atoms with Crippen LogP contribution >= 0.6 is 0 Å². The van der Waals surface area contributed by atoms with Crippen LogP contribution in [0.15, 0.2) is 12.3 Å². The highest BCUT2D eigenvalue weighted by Crippen LogP contribution is 2.19. The van der Waals surface area contributed by atoms with E-state index in [4.69, 9.17) is 10.5 Å². The molecule has 5 heteroatoms. The second kappa shape index (κ2) is 4.63. The summed E-state index contributed by atoms with van der Waals surface area (Å²) in [6.45, 7) is 3.69. The molecule has 15 heavy (non-hydrogen) atoms. The van der Waals surface area contributed by atoms with Crippen LogP contribution in [0.4, 0.5) is 5.69 Å². The Hall–Kier alpha value is -1.78. The van der Waals surface area contributed by atoms with Gasteiger partial charge in [-0.05, 0) is 19.9 Å². The van der Waals surface area contributed by atoms with Gasteiger partial charge in [-0.3, -0.25) is 0 Å². The zero-order chi connectivity index (χ0) is 11.4. The summed E-state index contributed by atoms with van der Waals surface area (Å²) in [6, 6.07) is 1.48. The molecule has 1 rings (SSSR count). The molecule has 0 aliphatic carbocycles. The van der Waals surface area contributed by atoms with Crippen LogP contribution in [0, 0.1) is 0 Å². The predicted molar refractivity (Wildman–Crippen MR) is 55.8 cm³/mol. The van der Waals surface area contributed by atoms with E-state index in [1.807, 2.05) is 13.8 Å². The van der Waals surface area contributed by atoms with Gasteiger partial charge in [-0.1, -0.05) is 0 Å². The largest absolute Gasteiger partial charge is 0.474 e. The molecule has 2 N–H and O–H groups in total. The van der Waals surface area contributed by atoms with Crippen molar-refractivity contribution in [3.63, 3.8) is 0 Å². The zero-order valence-electron chi connectivity index (χ0n) is 8.98. The van der Waals surface area contributed by atoms with Crippen LogP contribution in [-0.4, -0.2) is 24.2 Å². The third kappa shape index (κ3) is 2.83. The van der Waals surface area contributed by atoms with Crippen molar-refractivity contribution in [2.24, 2.45) is 0 Å². The summed E-state index contributed by atoms with van der Waals surface area (Å²) < 4.78 is 9.95. The minimum absolute atomic E-state index is 0.0652. The lowest BCUT2D eigenvalue weighted by molar-refractivity contribution is 0.0593. The third-order valence-corrected chi connectivity index (χ3v) is 1.62. The maximum Gasteiger partial charge on any atom is 0.343 e. The van der Waals surface area contributed by atoms with Crippen LogP contribution in [0.25, 0.3) is 0 Å². The Bertz CT molecular complexity index is 364. The number of aromatic nitrogens is 1. The Morgan fingerprint density at radius 1 is 1.53 bits per heavy atom. The van der Waals surface area contributed by atoms with Crippen molar-refractivity contribution < 1.29 is 14.3 Å². The van der Waals surface area contributed by atoms with Crippen molar-refractivity contribution in [1.29, 1.82) is 0 Å². The summed E-state index contributed by atoms with van der Waals surface area (Å²) in [5.41, 5.74) is 6.16. The minimum atomic E-state index is -0.509. The average molecular weight is 210 g/mol. The summed E-state index contributed by atoms with van der Waals surface area (Å²) >= 11 is 0. The first-order valence-electron chi connectivity index (χ1n) is 4.55. The number of pyridine rings is 1. The molecule has 0 bridgehead atoms. The first-order chi connectivity index (χ1) is 7.04. The Balaban J connectivity index is 3.08. The molecule has 1 heterocycles. The molecule has 0 atom stereocenters. The smallest absolute Gasteiger partial charge is 0.343 e. The number of anilines is 1. The van der Waals surface area contributed by atoms with Gasteiger partial charge in [0.1, 0.15) is 5.56 Å². The Morgan fingerprint density at radius 2 is 2.20 bits per heavy atom. The van der Waals surface area contributed by atoms with Gasteiger partial charge >= 0.3 is 5.97 Å². The van der Waals surface area contributed by atoms with E-state index >= 15 is 0 Å². The van der Waals surface area contributed by atoms with Gasteiger partial charge in [0.15, 0.2) is 0 Å². The third-order valence-electron chi connectivity index (χ3n) is 1.62. The van der Waals surface area contributed by atoms with Gasteiger partial charge in [-0.2, -0.15) is 0 Å². The second-order valence-electron chi connectivity index (χ2n) is 3.28. The summed E-state index contributed by atoms with van der Waals surface area (Å²) in [7, 11) is 1.30. The fourth-order valence-electron chi connectivity index (χ4n) is 1.04. The summed E-state index contributed by atoms with van der Waals surface area (Å²) in [5, 5.41) is 0. The van der Waals surface area contributed by atoms with Crippen molar-refractivity contribution in [3.8, 4) is 5.88 Å². The molecule has 5 nitrogen and oxygen atoms in total. The molecule has 0 radical (unpaired) electrons. The number of nitrogens with two attached hydrogens (primary N) is 1. The fourth-order valence-corrected chi connectivity index (χ4v) is 1.04. The monoisotopic (exact) mass is 210 g/mol. The molecular formula is C10H14N2O3. The van der Waals surface area contributed by atoms with Crippen LogP contribution in [0.2, 0.25) is 0 Å². The molecule has 1 aromatic rings. The van der Waals surface area contributed by atoms with Gasteiger partial charge in [0.2, 0.25) is 5.88 Å². The molecule has 0 aromatic carbocycles. The van der Waals surface area contributed by atoms with Crippen molar-refractivity contribution in [1.82, 2.24) is 4.98 Å². The zero-order valence-corrected chi connectivity index (χ0v) is 8.98. The number of methoxy groups -OCH3 is 1. The number of nitrogen functional groups attached to an aromatic ring is 1. The lowest BCUT2D eigenvalue weighted by Gasteiger charge is -2.11. The van der Waals surface area contributed by atoms with Crippen molar-refractivity contribution in [2.45, 2.75) is 20.0 Å². The Morgan fingerprint density at radius 3 is 2.73 bits per heavy atom. The highest BCUT2D eigenvalue weighted by atomic mass is 16.5. The second-order valence-corrected chi connectivity index (χ2v) is 3.28. The van der Waals surface area contributed by atoms with Crippen molar-refractivity contribution in [3.05, 3.63) is 17.8 Å². The van der Waals surface area contributed by atoms with E-state index in [9.17, 15) is 4.79 Å². The van der Waals surface area contributed by atoms with Gasteiger partial charge in [-0.15, -0.1) is 0 Å². The maximum absolute atomic E-state index is 11.4. The molecular weight excluding hydrogens is 196 g/mol. The lowest BCUT2D eigenvalue weighted by Crippen LogP contribution is -2.12. The highest BCUT2D eigenvalue weighted by Gasteiger charge is 2.15. The van der Waals surface area contributed by atoms with Gasteiger partial charge in [0.25, 0.3) is 0 Å². The van der Waals surface area contributed by atoms with Gasteiger partial charge in [0.05, 0.1) is 25.1 Å². The number of nitrogens with zero attached hydrogens (tertiary/aromatic N) is 1. The minimum Gasteiger partial charge on any atom is -0.474 e. The normalized spacial score (nSPS) is 10.1. The number of hydrogen-bond acceptors (Lipinski definition) is 5. The highest BCUT2D eigenvalue weighted by molar-refractivity contribution is 5.92. The number of esters is 1. The van der Waals surface area contributed by atoms with Gasteiger partial charge < -0.3 is 15.2 Å². The molecule has 1 aromatic heterocycles. The van der Waals surface area contributed by atoms with E-state index in [2.05, 4.69) is 9.72 Å². The maximum atomic E-state index is 11.4. The molecule has 0 saturated heterocycles. The fraction of sp³-hybridized carbons (Fsp3) is 0.400. The quantitative estimate of drug-likeness (QED) is 0.759. The van der Waals surface area contributed by atoms with E-state index in [0.717, 1.165) is 0 Å². The molecule has 0 spiro atoms. The van der Waals surface area contributed by atoms with Crippen LogP contribution in [0.5, 0.6) is 5.88 Å². The van der Waals surface area contributed by atoms with E-state index < -0.39 is 5.97 Å². The van der Waals surface area contributed by atoms with Crippen LogP contribution < -0.4 is 10.5 Å². The number of carbonyl (C=O) groups is 1. The SMILES string of the molecule is COC(=O)c1cc(N)cnc1OC(C)C. The van der Waals surface area contributed by atoms with Crippen LogP contribution in [0.1, 0.15) is 24.2 Å². The number of hydrogen-bond donors (Lipinski definition) is 1. The predicted octanol–water partition coefficient (Wildman–Crippen LogP) is 1.24. The molecule has 0 aliphatic rings.